The summed E-state index contributed by atoms with van der Waals surface area (Å²) in [5.74, 6) is 0.361. The van der Waals surface area contributed by atoms with Crippen molar-refractivity contribution in [1.82, 2.24) is 9.80 Å². The topological polar surface area (TPSA) is 40.6 Å². The number of rotatable bonds is 3. The molecular weight excluding hydrogens is 297 g/mol. The normalized spacial score (nSPS) is 34.5. The molecule has 2 saturated carbocycles. The Morgan fingerprint density at radius 1 is 1.27 bits per heavy atom. The predicted octanol–water partition coefficient (Wildman–Crippen LogP) is 2.04. The van der Waals surface area contributed by atoms with Gasteiger partial charge in [-0.3, -0.25) is 9.59 Å². The van der Waals surface area contributed by atoms with Crippen molar-refractivity contribution in [3.63, 3.8) is 0 Å². The molecule has 0 aromatic rings. The van der Waals surface area contributed by atoms with Crippen molar-refractivity contribution in [2.45, 2.75) is 44.3 Å². The number of fused-ring (bicyclic) bond motifs is 2. The highest BCUT2D eigenvalue weighted by Gasteiger charge is 2.47. The summed E-state index contributed by atoms with van der Waals surface area (Å²) in [5, 5.41) is 0. The van der Waals surface area contributed by atoms with E-state index in [0.29, 0.717) is 11.8 Å². The minimum atomic E-state index is -4.39. The van der Waals surface area contributed by atoms with E-state index in [-0.39, 0.29) is 24.8 Å². The molecular formula is C15H21F3N2O2. The largest absolute Gasteiger partial charge is 0.406 e. The van der Waals surface area contributed by atoms with E-state index in [4.69, 9.17) is 0 Å². The zero-order valence-electron chi connectivity index (χ0n) is 12.6. The molecule has 0 N–H and O–H groups in total. The lowest BCUT2D eigenvalue weighted by molar-refractivity contribution is -0.160. The quantitative estimate of drug-likeness (QED) is 0.799. The molecule has 22 heavy (non-hydrogen) atoms. The number of halogens is 3. The SMILES string of the molecule is CN(C(=O)[C@H]1C[C@H]2CC[C@H]1C2)[C@@H]1CCN(CC(F)(F)F)C1=O. The van der Waals surface area contributed by atoms with Crippen LogP contribution in [0.4, 0.5) is 13.2 Å². The van der Waals surface area contributed by atoms with Gasteiger partial charge in [0.1, 0.15) is 12.6 Å². The summed E-state index contributed by atoms with van der Waals surface area (Å²) in [5.41, 5.74) is 0. The number of likely N-dealkylation sites (N-methyl/N-ethyl adjacent to an activating group) is 1. The van der Waals surface area contributed by atoms with E-state index < -0.39 is 24.7 Å². The summed E-state index contributed by atoms with van der Waals surface area (Å²) >= 11 is 0. The average Bonchev–Trinajstić information content (AvgIpc) is 3.13. The zero-order chi connectivity index (χ0) is 16.1. The lowest BCUT2D eigenvalue weighted by Crippen LogP contribution is -2.47. The molecule has 0 unspecified atom stereocenters. The van der Waals surface area contributed by atoms with Gasteiger partial charge in [0, 0.05) is 19.5 Å². The van der Waals surface area contributed by atoms with Gasteiger partial charge in [0.15, 0.2) is 0 Å². The molecule has 2 bridgehead atoms. The fourth-order valence-electron chi connectivity index (χ4n) is 4.42. The smallest absolute Gasteiger partial charge is 0.333 e. The third kappa shape index (κ3) is 2.82. The fraction of sp³-hybridized carbons (Fsp3) is 0.867. The van der Waals surface area contributed by atoms with Crippen molar-refractivity contribution in [3.8, 4) is 0 Å². The molecule has 7 heteroatoms. The van der Waals surface area contributed by atoms with Gasteiger partial charge in [0.05, 0.1) is 0 Å². The maximum atomic E-state index is 12.6. The van der Waals surface area contributed by atoms with Gasteiger partial charge in [0.2, 0.25) is 11.8 Å². The third-order valence-corrected chi connectivity index (χ3v) is 5.51. The molecule has 0 radical (unpaired) electrons. The van der Waals surface area contributed by atoms with E-state index in [9.17, 15) is 22.8 Å². The third-order valence-electron chi connectivity index (χ3n) is 5.51. The van der Waals surface area contributed by atoms with E-state index in [2.05, 4.69) is 0 Å². The first kappa shape index (κ1) is 15.6. The van der Waals surface area contributed by atoms with Crippen LogP contribution in [0.2, 0.25) is 0 Å². The number of amides is 2. The number of carbonyl (C=O) groups excluding carboxylic acids is 2. The first-order valence-corrected chi connectivity index (χ1v) is 7.88. The van der Waals surface area contributed by atoms with Crippen molar-refractivity contribution in [1.29, 1.82) is 0 Å². The van der Waals surface area contributed by atoms with Crippen LogP contribution in [0.25, 0.3) is 0 Å². The van der Waals surface area contributed by atoms with Crippen LogP contribution in [0, 0.1) is 17.8 Å². The second-order valence-corrected chi connectivity index (χ2v) is 6.91. The van der Waals surface area contributed by atoms with Crippen LogP contribution in [-0.4, -0.2) is 54.0 Å². The van der Waals surface area contributed by atoms with Gasteiger partial charge in [-0.2, -0.15) is 13.2 Å². The van der Waals surface area contributed by atoms with Crippen LogP contribution < -0.4 is 0 Å². The lowest BCUT2D eigenvalue weighted by Gasteiger charge is -2.30. The second kappa shape index (κ2) is 5.42. The number of alkyl halides is 3. The number of hydrogen-bond acceptors (Lipinski definition) is 2. The Morgan fingerprint density at radius 2 is 2.00 bits per heavy atom. The van der Waals surface area contributed by atoms with Crippen molar-refractivity contribution < 1.29 is 22.8 Å². The highest BCUT2D eigenvalue weighted by atomic mass is 19.4. The maximum absolute atomic E-state index is 12.6. The van der Waals surface area contributed by atoms with E-state index >= 15 is 0 Å². The molecule has 2 aliphatic carbocycles. The molecule has 0 aromatic heterocycles. The van der Waals surface area contributed by atoms with Gasteiger partial charge in [-0.15, -0.1) is 0 Å². The van der Waals surface area contributed by atoms with Gasteiger partial charge in [-0.05, 0) is 37.5 Å². The Hall–Kier alpha value is -1.27. The summed E-state index contributed by atoms with van der Waals surface area (Å²) in [7, 11) is 1.56. The van der Waals surface area contributed by atoms with Gasteiger partial charge in [-0.1, -0.05) is 6.42 Å². The average molecular weight is 318 g/mol. The maximum Gasteiger partial charge on any atom is 0.406 e. The monoisotopic (exact) mass is 318 g/mol. The Balaban J connectivity index is 1.62. The number of likely N-dealkylation sites (tertiary alicyclic amines) is 1. The molecule has 3 rings (SSSR count). The van der Waals surface area contributed by atoms with Gasteiger partial charge in [0.25, 0.3) is 0 Å². The van der Waals surface area contributed by atoms with E-state index in [1.165, 1.54) is 11.3 Å². The number of carbonyl (C=O) groups is 2. The van der Waals surface area contributed by atoms with Gasteiger partial charge < -0.3 is 9.80 Å². The Labute approximate surface area is 127 Å². The molecule has 0 spiro atoms. The van der Waals surface area contributed by atoms with E-state index in [1.54, 1.807) is 7.05 Å². The van der Waals surface area contributed by atoms with Crippen LogP contribution in [0.1, 0.15) is 32.1 Å². The highest BCUT2D eigenvalue weighted by Crippen LogP contribution is 2.49. The molecule has 4 atom stereocenters. The van der Waals surface area contributed by atoms with Crippen LogP contribution in [-0.2, 0) is 9.59 Å². The molecule has 0 aromatic carbocycles. The molecule has 1 heterocycles. The van der Waals surface area contributed by atoms with Gasteiger partial charge >= 0.3 is 6.18 Å². The number of nitrogens with zero attached hydrogens (tertiary/aromatic N) is 2. The molecule has 2 amide bonds. The standard InChI is InChI=1S/C15H21F3N2O2/c1-19(13(21)11-7-9-2-3-10(11)6-9)12-4-5-20(14(12)22)8-15(16,17)18/h9-12H,2-8H2,1H3/t9-,10-,11-,12+/m0/s1. The van der Waals surface area contributed by atoms with Crippen LogP contribution in [0.3, 0.4) is 0 Å². The number of hydrogen-bond donors (Lipinski definition) is 0. The molecule has 3 fully saturated rings. The van der Waals surface area contributed by atoms with Crippen molar-refractivity contribution in [2.75, 3.05) is 20.1 Å². The predicted molar refractivity (Wildman–Crippen MR) is 72.7 cm³/mol. The van der Waals surface area contributed by atoms with Crippen LogP contribution in [0.5, 0.6) is 0 Å². The molecule has 3 aliphatic rings. The summed E-state index contributed by atoms with van der Waals surface area (Å²) in [6.07, 6.45) is 0.105. The summed E-state index contributed by atoms with van der Waals surface area (Å²) < 4.78 is 37.3. The second-order valence-electron chi connectivity index (χ2n) is 6.91. The van der Waals surface area contributed by atoms with Gasteiger partial charge in [-0.25, -0.2) is 0 Å². The summed E-state index contributed by atoms with van der Waals surface area (Å²) in [6, 6.07) is -0.728. The van der Waals surface area contributed by atoms with Crippen molar-refractivity contribution in [2.24, 2.45) is 17.8 Å². The molecule has 4 nitrogen and oxygen atoms in total. The first-order chi connectivity index (χ1) is 10.3. The molecule has 1 aliphatic heterocycles. The Morgan fingerprint density at radius 3 is 2.55 bits per heavy atom. The van der Waals surface area contributed by atoms with E-state index in [0.717, 1.165) is 24.2 Å². The minimum absolute atomic E-state index is 0.0341. The van der Waals surface area contributed by atoms with Crippen LogP contribution >= 0.6 is 0 Å². The van der Waals surface area contributed by atoms with E-state index in [1.807, 2.05) is 0 Å². The fourth-order valence-corrected chi connectivity index (χ4v) is 4.42. The first-order valence-electron chi connectivity index (χ1n) is 7.88. The summed E-state index contributed by atoms with van der Waals surface area (Å²) in [6.45, 7) is -1.16. The minimum Gasteiger partial charge on any atom is -0.333 e. The van der Waals surface area contributed by atoms with Crippen molar-refractivity contribution >= 4 is 11.8 Å². The Kier molecular flexibility index (Phi) is 3.85. The molecule has 1 saturated heterocycles. The highest BCUT2D eigenvalue weighted by molar-refractivity contribution is 5.90. The van der Waals surface area contributed by atoms with Crippen LogP contribution in [0.15, 0.2) is 0 Å². The zero-order valence-corrected chi connectivity index (χ0v) is 12.6. The molecule has 124 valence electrons. The summed E-state index contributed by atoms with van der Waals surface area (Å²) in [4.78, 5) is 27.0. The lowest BCUT2D eigenvalue weighted by atomic mass is 9.87. The Bertz CT molecular complexity index is 480. The van der Waals surface area contributed by atoms with Crippen molar-refractivity contribution in [3.05, 3.63) is 0 Å².